The second-order valence-electron chi connectivity index (χ2n) is 4.45. The number of carbonyl (C=O) groups is 1. The Morgan fingerprint density at radius 3 is 2.67 bits per heavy atom. The van der Waals surface area contributed by atoms with Gasteiger partial charge in [0.05, 0.1) is 23.0 Å². The minimum atomic E-state index is -3.95. The highest BCUT2D eigenvalue weighted by atomic mass is 32.2. The quantitative estimate of drug-likeness (QED) is 0.806. The first kappa shape index (κ1) is 15.1. The van der Waals surface area contributed by atoms with Gasteiger partial charge in [-0.3, -0.25) is 0 Å². The lowest BCUT2D eigenvalue weighted by Crippen LogP contribution is -2.28. The topological polar surface area (TPSA) is 114 Å². The van der Waals surface area contributed by atoms with Crippen LogP contribution in [-0.2, 0) is 16.6 Å². The van der Waals surface area contributed by atoms with E-state index in [0.717, 1.165) is 10.4 Å². The number of nitrogens with zero attached hydrogens (tertiary/aromatic N) is 1. The summed E-state index contributed by atoms with van der Waals surface area (Å²) in [6.45, 7) is 0.0717. The van der Waals surface area contributed by atoms with Crippen LogP contribution in [0.25, 0.3) is 0 Å². The molecule has 2 aromatic rings. The van der Waals surface area contributed by atoms with Crippen LogP contribution in [0.1, 0.15) is 15.9 Å². The number of hydrogen-bond acceptors (Lipinski definition) is 5. The molecule has 0 aliphatic heterocycles. The molecular weight excluding hydrogens is 296 g/mol. The first-order chi connectivity index (χ1) is 9.82. The van der Waals surface area contributed by atoms with Crippen molar-refractivity contribution >= 4 is 21.7 Å². The Bertz CT molecular complexity index is 753. The average molecular weight is 310 g/mol. The number of benzene rings is 1. The maximum absolute atomic E-state index is 12.5. The summed E-state index contributed by atoms with van der Waals surface area (Å²) in [6.07, 6.45) is 2.86. The van der Waals surface area contributed by atoms with Crippen LogP contribution in [0, 0.1) is 0 Å². The van der Waals surface area contributed by atoms with Crippen LogP contribution >= 0.6 is 0 Å². The van der Waals surface area contributed by atoms with E-state index in [1.54, 1.807) is 6.07 Å². The molecule has 0 saturated carbocycles. The molecule has 0 spiro atoms. The first-order valence-electron chi connectivity index (χ1n) is 5.92. The molecule has 1 aromatic heterocycles. The van der Waals surface area contributed by atoms with E-state index in [0.29, 0.717) is 5.56 Å². The molecule has 21 heavy (non-hydrogen) atoms. The summed E-state index contributed by atoms with van der Waals surface area (Å²) in [5.74, 6) is -1.35. The van der Waals surface area contributed by atoms with Gasteiger partial charge in [0.15, 0.2) is 0 Å². The molecule has 3 N–H and O–H groups in total. The molecule has 8 heteroatoms. The van der Waals surface area contributed by atoms with Gasteiger partial charge < -0.3 is 15.3 Å². The SMILES string of the molecule is CN(Cc1ccoc1)S(=O)(=O)c1ccc(N)cc1C(=O)O. The average Bonchev–Trinajstić information content (AvgIpc) is 2.91. The van der Waals surface area contributed by atoms with Crippen LogP contribution < -0.4 is 5.73 Å². The van der Waals surface area contributed by atoms with Crippen LogP contribution in [-0.4, -0.2) is 30.8 Å². The standard InChI is InChI=1S/C13H14N2O5S/c1-15(7-9-4-5-20-8-9)21(18,19)12-3-2-10(14)6-11(12)13(16)17/h2-6,8H,7,14H2,1H3,(H,16,17). The number of carboxylic acid groups (broad SMARTS) is 1. The third-order valence-corrected chi connectivity index (χ3v) is 4.77. The number of sulfonamides is 1. The van der Waals surface area contributed by atoms with E-state index in [1.807, 2.05) is 0 Å². The molecule has 0 atom stereocenters. The number of rotatable bonds is 5. The lowest BCUT2D eigenvalue weighted by atomic mass is 10.2. The minimum absolute atomic E-state index is 0.0717. The lowest BCUT2D eigenvalue weighted by Gasteiger charge is -2.17. The van der Waals surface area contributed by atoms with E-state index in [-0.39, 0.29) is 22.7 Å². The molecule has 0 aliphatic carbocycles. The van der Waals surface area contributed by atoms with Crippen LogP contribution in [0.3, 0.4) is 0 Å². The molecule has 0 fully saturated rings. The highest BCUT2D eigenvalue weighted by Gasteiger charge is 2.27. The van der Waals surface area contributed by atoms with Gasteiger partial charge in [0, 0.05) is 24.8 Å². The second kappa shape index (κ2) is 5.58. The summed E-state index contributed by atoms with van der Waals surface area (Å²) in [6, 6.07) is 5.30. The molecule has 0 bridgehead atoms. The number of carboxylic acids is 1. The molecule has 0 radical (unpaired) electrons. The molecule has 0 saturated heterocycles. The normalized spacial score (nSPS) is 11.7. The maximum Gasteiger partial charge on any atom is 0.337 e. The van der Waals surface area contributed by atoms with Crippen molar-refractivity contribution < 1.29 is 22.7 Å². The smallest absolute Gasteiger partial charge is 0.337 e. The Morgan fingerprint density at radius 1 is 1.38 bits per heavy atom. The number of nitrogens with two attached hydrogens (primary N) is 1. The van der Waals surface area contributed by atoms with Crippen molar-refractivity contribution in [3.05, 3.63) is 47.9 Å². The van der Waals surface area contributed by atoms with Gasteiger partial charge in [-0.15, -0.1) is 0 Å². The Hall–Kier alpha value is -2.32. The summed E-state index contributed by atoms with van der Waals surface area (Å²) in [7, 11) is -2.59. The summed E-state index contributed by atoms with van der Waals surface area (Å²) < 4.78 is 30.9. The highest BCUT2D eigenvalue weighted by molar-refractivity contribution is 7.89. The number of aromatic carboxylic acids is 1. The van der Waals surface area contributed by atoms with Gasteiger partial charge in [0.2, 0.25) is 10.0 Å². The van der Waals surface area contributed by atoms with Crippen molar-refractivity contribution in [2.24, 2.45) is 0 Å². The summed E-state index contributed by atoms with van der Waals surface area (Å²) in [5.41, 5.74) is 6.00. The number of furan rings is 1. The first-order valence-corrected chi connectivity index (χ1v) is 7.36. The van der Waals surface area contributed by atoms with Crippen LogP contribution in [0.4, 0.5) is 5.69 Å². The highest BCUT2D eigenvalue weighted by Crippen LogP contribution is 2.23. The Morgan fingerprint density at radius 2 is 2.10 bits per heavy atom. The molecule has 1 heterocycles. The molecule has 1 aromatic carbocycles. The van der Waals surface area contributed by atoms with E-state index in [9.17, 15) is 13.2 Å². The Balaban J connectivity index is 2.41. The van der Waals surface area contributed by atoms with Gasteiger partial charge in [-0.25, -0.2) is 13.2 Å². The zero-order valence-corrected chi connectivity index (χ0v) is 12.0. The lowest BCUT2D eigenvalue weighted by molar-refractivity contribution is 0.0692. The fourth-order valence-electron chi connectivity index (χ4n) is 1.83. The fraction of sp³-hybridized carbons (Fsp3) is 0.154. The molecule has 0 unspecified atom stereocenters. The van der Waals surface area contributed by atoms with Crippen molar-refractivity contribution in [1.82, 2.24) is 4.31 Å². The molecule has 0 aliphatic rings. The predicted molar refractivity (Wildman–Crippen MR) is 75.2 cm³/mol. The van der Waals surface area contributed by atoms with Crippen molar-refractivity contribution in [3.63, 3.8) is 0 Å². The van der Waals surface area contributed by atoms with E-state index in [1.165, 1.54) is 31.7 Å². The van der Waals surface area contributed by atoms with Gasteiger partial charge in [0.1, 0.15) is 0 Å². The van der Waals surface area contributed by atoms with E-state index >= 15 is 0 Å². The van der Waals surface area contributed by atoms with E-state index in [2.05, 4.69) is 0 Å². The van der Waals surface area contributed by atoms with E-state index in [4.69, 9.17) is 15.3 Å². The van der Waals surface area contributed by atoms with Gasteiger partial charge in [-0.2, -0.15) is 4.31 Å². The monoisotopic (exact) mass is 310 g/mol. The predicted octanol–water partition coefficient (Wildman–Crippen LogP) is 1.38. The van der Waals surface area contributed by atoms with Gasteiger partial charge in [0.25, 0.3) is 0 Å². The number of nitrogen functional groups attached to an aromatic ring is 1. The molecule has 7 nitrogen and oxygen atoms in total. The third-order valence-electron chi connectivity index (χ3n) is 2.91. The molecule has 112 valence electrons. The fourth-order valence-corrected chi connectivity index (χ4v) is 3.15. The minimum Gasteiger partial charge on any atom is -0.478 e. The van der Waals surface area contributed by atoms with Gasteiger partial charge >= 0.3 is 5.97 Å². The third kappa shape index (κ3) is 3.06. The van der Waals surface area contributed by atoms with Crippen molar-refractivity contribution in [3.8, 4) is 0 Å². The number of hydrogen-bond donors (Lipinski definition) is 2. The van der Waals surface area contributed by atoms with Gasteiger partial charge in [-0.1, -0.05) is 0 Å². The summed E-state index contributed by atoms with van der Waals surface area (Å²) in [5, 5.41) is 9.14. The summed E-state index contributed by atoms with van der Waals surface area (Å²) in [4.78, 5) is 10.9. The molecule has 2 rings (SSSR count). The molecule has 0 amide bonds. The largest absolute Gasteiger partial charge is 0.478 e. The maximum atomic E-state index is 12.5. The van der Waals surface area contributed by atoms with Gasteiger partial charge in [-0.05, 0) is 24.3 Å². The van der Waals surface area contributed by atoms with Crippen LogP contribution in [0.15, 0.2) is 46.1 Å². The van der Waals surface area contributed by atoms with Crippen molar-refractivity contribution in [1.29, 1.82) is 0 Å². The Kier molecular flexibility index (Phi) is 4.01. The van der Waals surface area contributed by atoms with Crippen molar-refractivity contribution in [2.75, 3.05) is 12.8 Å². The van der Waals surface area contributed by atoms with Crippen LogP contribution in [0.2, 0.25) is 0 Å². The summed E-state index contributed by atoms with van der Waals surface area (Å²) >= 11 is 0. The van der Waals surface area contributed by atoms with Crippen molar-refractivity contribution in [2.45, 2.75) is 11.4 Å². The number of anilines is 1. The van der Waals surface area contributed by atoms with E-state index < -0.39 is 16.0 Å². The zero-order chi connectivity index (χ0) is 15.6. The molecular formula is C13H14N2O5S. The Labute approximate surface area is 121 Å². The van der Waals surface area contributed by atoms with Crippen LogP contribution in [0.5, 0.6) is 0 Å². The second-order valence-corrected chi connectivity index (χ2v) is 6.47. The zero-order valence-electron chi connectivity index (χ0n) is 11.2.